The van der Waals surface area contributed by atoms with Gasteiger partial charge in [0.15, 0.2) is 0 Å². The van der Waals surface area contributed by atoms with Gasteiger partial charge in [-0.25, -0.2) is 0 Å². The minimum absolute atomic E-state index is 0.247. The highest BCUT2D eigenvalue weighted by Gasteiger charge is 2.26. The second-order valence-electron chi connectivity index (χ2n) is 3.38. The van der Waals surface area contributed by atoms with E-state index < -0.39 is 12.6 Å². The summed E-state index contributed by atoms with van der Waals surface area (Å²) in [5.74, 6) is 0. The van der Waals surface area contributed by atoms with Gasteiger partial charge in [0.1, 0.15) is 0 Å². The third-order valence-electron chi connectivity index (χ3n) is 1.97. The molecule has 1 N–H and O–H groups in total. The van der Waals surface area contributed by atoms with Gasteiger partial charge >= 0.3 is 6.18 Å². The lowest BCUT2D eigenvalue weighted by Crippen LogP contribution is -2.15. The molecule has 1 aromatic rings. The number of benzene rings is 1. The number of nitrogens with one attached hydrogen (secondary N) is 1. The Labute approximate surface area is 106 Å². The predicted octanol–water partition coefficient (Wildman–Crippen LogP) is 3.83. The maximum absolute atomic E-state index is 11.8. The molecule has 0 radical (unpaired) electrons. The quantitative estimate of drug-likeness (QED) is 0.806. The summed E-state index contributed by atoms with van der Waals surface area (Å²) in [6.45, 7) is 0.430. The Balaban J connectivity index is 2.11. The van der Waals surface area contributed by atoms with Crippen LogP contribution >= 0.6 is 15.9 Å². The minimum Gasteiger partial charge on any atom is -0.382 e. The lowest BCUT2D eigenvalue weighted by Gasteiger charge is -2.09. The van der Waals surface area contributed by atoms with Crippen LogP contribution in [0.2, 0.25) is 0 Å². The van der Waals surface area contributed by atoms with E-state index in [4.69, 9.17) is 4.74 Å². The average molecular weight is 312 g/mol. The van der Waals surface area contributed by atoms with E-state index in [0.29, 0.717) is 6.54 Å². The molecule has 0 heterocycles. The molecule has 0 atom stereocenters. The van der Waals surface area contributed by atoms with Crippen LogP contribution in [-0.2, 0) is 4.74 Å². The zero-order valence-corrected chi connectivity index (χ0v) is 10.6. The normalized spacial score (nSPS) is 11.5. The first-order valence-electron chi connectivity index (χ1n) is 5.12. The van der Waals surface area contributed by atoms with E-state index in [2.05, 4.69) is 21.2 Å². The molecule has 2 nitrogen and oxygen atoms in total. The van der Waals surface area contributed by atoms with E-state index >= 15 is 0 Å². The monoisotopic (exact) mass is 311 g/mol. The van der Waals surface area contributed by atoms with Crippen LogP contribution < -0.4 is 5.32 Å². The average Bonchev–Trinajstić information content (AvgIpc) is 2.24. The van der Waals surface area contributed by atoms with Gasteiger partial charge in [-0.2, -0.15) is 13.2 Å². The summed E-state index contributed by atoms with van der Waals surface area (Å²) in [6.07, 6.45) is -5.04. The molecule has 0 aliphatic rings. The summed E-state index contributed by atoms with van der Waals surface area (Å²) in [6, 6.07) is 7.51. The summed E-state index contributed by atoms with van der Waals surface area (Å²) >= 11 is 3.35. The molecule has 0 saturated heterocycles. The van der Waals surface area contributed by atoms with Gasteiger partial charge in [-0.15, -0.1) is 0 Å². The lowest BCUT2D eigenvalue weighted by molar-refractivity contribution is -0.144. The van der Waals surface area contributed by atoms with Crippen LogP contribution in [0, 0.1) is 0 Å². The Kier molecular flexibility index (Phi) is 5.77. The Hall–Kier alpha value is -0.750. The van der Waals surface area contributed by atoms with Crippen LogP contribution in [-0.4, -0.2) is 25.9 Å². The Morgan fingerprint density at radius 2 is 1.88 bits per heavy atom. The van der Waals surface area contributed by atoms with E-state index in [0.717, 1.165) is 10.2 Å². The van der Waals surface area contributed by atoms with Gasteiger partial charge in [0.25, 0.3) is 0 Å². The molecule has 96 valence electrons. The highest BCUT2D eigenvalue weighted by atomic mass is 79.9. The van der Waals surface area contributed by atoms with Crippen molar-refractivity contribution in [2.75, 3.05) is 25.1 Å². The molecule has 0 bridgehead atoms. The standard InChI is InChI=1S/C11H13BrF3NO/c12-9-3-1-2-4-10(9)16-6-8-17-7-5-11(13,14)15/h1-4,16H,5-8H2. The number of ether oxygens (including phenoxy) is 1. The van der Waals surface area contributed by atoms with Gasteiger partial charge in [0.2, 0.25) is 0 Å². The van der Waals surface area contributed by atoms with Crippen molar-refractivity contribution in [3.8, 4) is 0 Å². The van der Waals surface area contributed by atoms with Gasteiger partial charge in [-0.1, -0.05) is 12.1 Å². The smallest absolute Gasteiger partial charge is 0.382 e. The van der Waals surface area contributed by atoms with E-state index in [9.17, 15) is 13.2 Å². The SMILES string of the molecule is FC(F)(F)CCOCCNc1ccccc1Br. The number of anilines is 1. The molecule has 6 heteroatoms. The molecular formula is C11H13BrF3NO. The van der Waals surface area contributed by atoms with Crippen molar-refractivity contribution in [3.63, 3.8) is 0 Å². The van der Waals surface area contributed by atoms with Gasteiger partial charge < -0.3 is 10.1 Å². The van der Waals surface area contributed by atoms with E-state index in [1.807, 2.05) is 24.3 Å². The van der Waals surface area contributed by atoms with Crippen molar-refractivity contribution in [2.24, 2.45) is 0 Å². The Bertz CT molecular complexity index is 344. The maximum Gasteiger partial charge on any atom is 0.391 e. The number of hydrogen-bond acceptors (Lipinski definition) is 2. The minimum atomic E-state index is -4.14. The summed E-state index contributed by atoms with van der Waals surface area (Å²) in [4.78, 5) is 0. The number of alkyl halides is 3. The molecule has 0 aliphatic heterocycles. The fraction of sp³-hybridized carbons (Fsp3) is 0.455. The molecule has 1 rings (SSSR count). The highest BCUT2D eigenvalue weighted by molar-refractivity contribution is 9.10. The molecule has 0 unspecified atom stereocenters. The van der Waals surface area contributed by atoms with Crippen LogP contribution in [0.15, 0.2) is 28.7 Å². The van der Waals surface area contributed by atoms with Crippen LogP contribution in [0.4, 0.5) is 18.9 Å². The summed E-state index contributed by atoms with van der Waals surface area (Å²) in [5, 5.41) is 3.06. The Morgan fingerprint density at radius 1 is 1.18 bits per heavy atom. The molecule has 0 spiro atoms. The van der Waals surface area contributed by atoms with Crippen LogP contribution in [0.3, 0.4) is 0 Å². The zero-order valence-electron chi connectivity index (χ0n) is 9.06. The second-order valence-corrected chi connectivity index (χ2v) is 4.24. The van der Waals surface area contributed by atoms with Crippen molar-refractivity contribution in [2.45, 2.75) is 12.6 Å². The number of hydrogen-bond donors (Lipinski definition) is 1. The van der Waals surface area contributed by atoms with Gasteiger partial charge in [0, 0.05) is 16.7 Å². The third kappa shape index (κ3) is 6.53. The van der Waals surface area contributed by atoms with E-state index in [1.54, 1.807) is 0 Å². The van der Waals surface area contributed by atoms with Crippen molar-refractivity contribution in [3.05, 3.63) is 28.7 Å². The fourth-order valence-corrected chi connectivity index (χ4v) is 1.58. The van der Waals surface area contributed by atoms with Crippen LogP contribution in [0.1, 0.15) is 6.42 Å². The van der Waals surface area contributed by atoms with Crippen molar-refractivity contribution < 1.29 is 17.9 Å². The predicted molar refractivity (Wildman–Crippen MR) is 64.1 cm³/mol. The van der Waals surface area contributed by atoms with E-state index in [1.165, 1.54) is 0 Å². The first-order chi connectivity index (χ1) is 7.99. The molecule has 0 aromatic heterocycles. The number of halogens is 4. The molecule has 0 saturated carbocycles. The molecule has 0 amide bonds. The second kappa shape index (κ2) is 6.86. The largest absolute Gasteiger partial charge is 0.391 e. The molecule has 0 fully saturated rings. The summed E-state index contributed by atoms with van der Waals surface area (Å²) in [5.41, 5.74) is 0.895. The number of para-hydroxylation sites is 1. The van der Waals surface area contributed by atoms with Crippen molar-refractivity contribution in [1.82, 2.24) is 0 Å². The molecule has 1 aromatic carbocycles. The molecule has 17 heavy (non-hydrogen) atoms. The first-order valence-corrected chi connectivity index (χ1v) is 5.91. The van der Waals surface area contributed by atoms with Gasteiger partial charge in [-0.05, 0) is 28.1 Å². The molecular weight excluding hydrogens is 299 g/mol. The summed E-state index contributed by atoms with van der Waals surface area (Å²) < 4.78 is 41.1. The first kappa shape index (κ1) is 14.3. The number of rotatable bonds is 6. The zero-order chi connectivity index (χ0) is 12.7. The summed E-state index contributed by atoms with van der Waals surface area (Å²) in [7, 11) is 0. The molecule has 0 aliphatic carbocycles. The maximum atomic E-state index is 11.8. The fourth-order valence-electron chi connectivity index (χ4n) is 1.15. The topological polar surface area (TPSA) is 21.3 Å². The van der Waals surface area contributed by atoms with Crippen LogP contribution in [0.5, 0.6) is 0 Å². The third-order valence-corrected chi connectivity index (χ3v) is 2.66. The van der Waals surface area contributed by atoms with Crippen molar-refractivity contribution >= 4 is 21.6 Å². The van der Waals surface area contributed by atoms with Gasteiger partial charge in [-0.3, -0.25) is 0 Å². The highest BCUT2D eigenvalue weighted by Crippen LogP contribution is 2.21. The lowest BCUT2D eigenvalue weighted by atomic mass is 10.3. The van der Waals surface area contributed by atoms with Gasteiger partial charge in [0.05, 0.1) is 19.6 Å². The Morgan fingerprint density at radius 3 is 2.53 bits per heavy atom. The van der Waals surface area contributed by atoms with Crippen LogP contribution in [0.25, 0.3) is 0 Å². The van der Waals surface area contributed by atoms with Crippen molar-refractivity contribution in [1.29, 1.82) is 0 Å². The van der Waals surface area contributed by atoms with E-state index in [-0.39, 0.29) is 13.2 Å².